The molecule has 0 radical (unpaired) electrons. The van der Waals surface area contributed by atoms with Crippen LogP contribution in [0, 0.1) is 6.92 Å². The third-order valence-corrected chi connectivity index (χ3v) is 7.16. The lowest BCUT2D eigenvalue weighted by Gasteiger charge is -2.18. The summed E-state index contributed by atoms with van der Waals surface area (Å²) in [5.41, 5.74) is 2.21. The summed E-state index contributed by atoms with van der Waals surface area (Å²) in [6.45, 7) is 9.11. The quantitative estimate of drug-likeness (QED) is 0.214. The summed E-state index contributed by atoms with van der Waals surface area (Å²) in [5.74, 6) is 1.16. The van der Waals surface area contributed by atoms with Crippen LogP contribution in [0.25, 0.3) is 6.08 Å². The van der Waals surface area contributed by atoms with Crippen LogP contribution in [0.5, 0.6) is 11.5 Å². The monoisotopic (exact) mass is 526 g/mol. The maximum Gasteiger partial charge on any atom is 0.207 e. The van der Waals surface area contributed by atoms with Gasteiger partial charge in [-0.05, 0) is 73.4 Å². The lowest BCUT2D eigenvalue weighted by molar-refractivity contribution is -0.110. The molecule has 2 N–H and O–H groups in total. The highest BCUT2D eigenvalue weighted by Crippen LogP contribution is 2.37. The number of nitrogens with zero attached hydrogens (tertiary/aromatic N) is 1. The number of nitrogens with one attached hydrogen (secondary N) is 1. The second-order valence-electron chi connectivity index (χ2n) is 8.46. The Balaban J connectivity index is 0.000000425. The molecule has 0 aliphatic carbocycles. The molecule has 5 nitrogen and oxygen atoms in total. The molecule has 2 unspecified atom stereocenters. The number of allylic oxidation sites excluding steroid dienone is 2. The van der Waals surface area contributed by atoms with Gasteiger partial charge in [0.2, 0.25) is 6.41 Å². The van der Waals surface area contributed by atoms with Gasteiger partial charge in [0, 0.05) is 18.0 Å². The van der Waals surface area contributed by atoms with Crippen molar-refractivity contribution in [3.8, 4) is 11.5 Å². The fourth-order valence-electron chi connectivity index (χ4n) is 3.71. The third kappa shape index (κ3) is 8.91. The number of halogens is 1. The lowest BCUT2D eigenvalue weighted by Crippen LogP contribution is -2.20. The largest absolute Gasteiger partial charge is 0.507 e. The summed E-state index contributed by atoms with van der Waals surface area (Å²) in [7, 11) is 4.61. The first-order valence-corrected chi connectivity index (χ1v) is 13.2. The van der Waals surface area contributed by atoms with E-state index in [-0.39, 0.29) is 11.8 Å². The summed E-state index contributed by atoms with van der Waals surface area (Å²) < 4.78 is 5.21. The predicted octanol–water partition coefficient (Wildman–Crippen LogP) is 6.76. The van der Waals surface area contributed by atoms with Crippen LogP contribution in [-0.2, 0) is 17.8 Å². The Morgan fingerprint density at radius 2 is 1.94 bits per heavy atom. The van der Waals surface area contributed by atoms with E-state index in [2.05, 4.69) is 28.9 Å². The van der Waals surface area contributed by atoms with E-state index in [0.29, 0.717) is 26.0 Å². The van der Waals surface area contributed by atoms with Gasteiger partial charge in [-0.25, -0.2) is 0 Å². The molecule has 2 atom stereocenters. The molecule has 1 heterocycles. The number of hydrogen-bond acceptors (Lipinski definition) is 4. The Morgan fingerprint density at radius 1 is 1.22 bits per heavy atom. The van der Waals surface area contributed by atoms with Gasteiger partial charge in [-0.2, -0.15) is 0 Å². The first-order valence-electron chi connectivity index (χ1n) is 11.8. The van der Waals surface area contributed by atoms with Gasteiger partial charge in [-0.15, -0.1) is 8.19 Å². The van der Waals surface area contributed by atoms with Crippen molar-refractivity contribution in [2.45, 2.75) is 32.9 Å². The van der Waals surface area contributed by atoms with E-state index in [1.807, 2.05) is 64.4 Å². The molecule has 1 aromatic heterocycles. The topological polar surface area (TPSA) is 61.8 Å². The molecule has 2 aromatic carbocycles. The number of carbonyl (C=O) groups is 1. The maximum absolute atomic E-state index is 11.1. The van der Waals surface area contributed by atoms with Crippen molar-refractivity contribution < 1.29 is 14.6 Å². The second kappa shape index (κ2) is 15.2. The summed E-state index contributed by atoms with van der Waals surface area (Å²) >= 11 is 6.43. The molecule has 0 aliphatic rings. The van der Waals surface area contributed by atoms with Crippen molar-refractivity contribution in [1.82, 2.24) is 10.2 Å². The van der Waals surface area contributed by atoms with Gasteiger partial charge < -0.3 is 20.1 Å². The molecule has 3 rings (SSSR count). The Bertz CT molecular complexity index is 1140. The fraction of sp³-hybridized carbons (Fsp3) is 0.276. The highest BCUT2D eigenvalue weighted by molar-refractivity contribution is 7.32. The minimum absolute atomic E-state index is 0.173. The van der Waals surface area contributed by atoms with E-state index in [0.717, 1.165) is 40.9 Å². The van der Waals surface area contributed by atoms with E-state index in [1.165, 1.54) is 5.30 Å². The Labute approximate surface area is 221 Å². The Kier molecular flexibility index (Phi) is 12.4. The van der Waals surface area contributed by atoms with E-state index < -0.39 is 0 Å². The predicted molar refractivity (Wildman–Crippen MR) is 154 cm³/mol. The SMILES string of the molecule is C=C/C=C\c1c(Cl)cc(CC(NC=O)c2ccc(CN(C)C)[pH]2)c(O)c1C.CCOc1ccccc1. The smallest absolute Gasteiger partial charge is 0.207 e. The number of phenols is 1. The van der Waals surface area contributed by atoms with Crippen LogP contribution in [0.15, 0.2) is 67.3 Å². The number of rotatable bonds is 11. The molecule has 0 aliphatic heterocycles. The molecule has 0 saturated carbocycles. The molecule has 1 amide bonds. The van der Waals surface area contributed by atoms with Crippen molar-refractivity contribution in [3.05, 3.63) is 99.6 Å². The van der Waals surface area contributed by atoms with Gasteiger partial charge >= 0.3 is 0 Å². The zero-order chi connectivity index (χ0) is 26.5. The maximum atomic E-state index is 11.1. The van der Waals surface area contributed by atoms with Crippen molar-refractivity contribution >= 4 is 32.3 Å². The molecule has 0 fully saturated rings. The molecule has 0 spiro atoms. The standard InChI is InChI=1S/C21H26ClN2O2P.C8H10O/c1-5-6-7-17-14(2)21(26)15(10-18(17)22)11-19(23-13-25)20-9-8-16(27-20)12-24(3)4;1-2-9-8-6-4-3-5-7-8/h5-10,13,19,26-27H,1,11-12H2,2-4H3,(H,23,25);3-7H,2H2,1H3/b7-6-;. The molecular weight excluding hydrogens is 491 g/mol. The van der Waals surface area contributed by atoms with Gasteiger partial charge in [0.05, 0.1) is 12.6 Å². The normalized spacial score (nSPS) is 11.8. The summed E-state index contributed by atoms with van der Waals surface area (Å²) in [6.07, 6.45) is 6.47. The molecule has 192 valence electrons. The number of amides is 1. The highest BCUT2D eigenvalue weighted by Gasteiger charge is 2.18. The van der Waals surface area contributed by atoms with E-state index in [9.17, 15) is 9.90 Å². The fourth-order valence-corrected chi connectivity index (χ4v) is 5.51. The van der Waals surface area contributed by atoms with Crippen molar-refractivity contribution in [3.63, 3.8) is 0 Å². The molecule has 0 saturated heterocycles. The number of benzene rings is 2. The van der Waals surface area contributed by atoms with Gasteiger partial charge in [0.1, 0.15) is 11.5 Å². The van der Waals surface area contributed by atoms with Crippen molar-refractivity contribution in [2.75, 3.05) is 20.7 Å². The molecule has 0 bridgehead atoms. The Morgan fingerprint density at radius 3 is 2.56 bits per heavy atom. The van der Waals surface area contributed by atoms with Crippen LogP contribution in [0.3, 0.4) is 0 Å². The second-order valence-corrected chi connectivity index (χ2v) is 10.3. The highest BCUT2D eigenvalue weighted by atomic mass is 35.5. The third-order valence-electron chi connectivity index (χ3n) is 5.40. The number of ether oxygens (including phenoxy) is 1. The Hall–Kier alpha value is -2.98. The van der Waals surface area contributed by atoms with E-state index >= 15 is 0 Å². The van der Waals surface area contributed by atoms with Crippen LogP contribution in [-0.4, -0.2) is 37.1 Å². The number of para-hydroxylation sites is 1. The zero-order valence-corrected chi connectivity index (χ0v) is 23.2. The van der Waals surface area contributed by atoms with Crippen LogP contribution >= 0.6 is 19.8 Å². The van der Waals surface area contributed by atoms with Gasteiger partial charge in [0.15, 0.2) is 0 Å². The van der Waals surface area contributed by atoms with Crippen molar-refractivity contribution in [1.29, 1.82) is 0 Å². The van der Waals surface area contributed by atoms with Crippen LogP contribution in [0.4, 0.5) is 0 Å². The van der Waals surface area contributed by atoms with Gasteiger partial charge in [0.25, 0.3) is 0 Å². The minimum atomic E-state index is -0.173. The molecule has 36 heavy (non-hydrogen) atoms. The van der Waals surface area contributed by atoms with Gasteiger partial charge in [-0.1, -0.05) is 66.7 Å². The number of hydrogen-bond donors (Lipinski definition) is 2. The summed E-state index contributed by atoms with van der Waals surface area (Å²) in [5, 5.41) is 16.6. The average Bonchev–Trinajstić information content (AvgIpc) is 3.31. The zero-order valence-electron chi connectivity index (χ0n) is 21.4. The van der Waals surface area contributed by atoms with Crippen LogP contribution < -0.4 is 10.1 Å². The van der Waals surface area contributed by atoms with Crippen molar-refractivity contribution in [2.24, 2.45) is 0 Å². The molecule has 7 heteroatoms. The molecule has 3 aromatic rings. The molecular formula is C29H36ClN2O3P. The number of aromatic hydroxyl groups is 1. The van der Waals surface area contributed by atoms with Gasteiger partial charge in [-0.3, -0.25) is 4.79 Å². The number of carbonyl (C=O) groups excluding carboxylic acids is 1. The minimum Gasteiger partial charge on any atom is -0.507 e. The summed E-state index contributed by atoms with van der Waals surface area (Å²) in [4.78, 5) is 13.3. The van der Waals surface area contributed by atoms with Crippen LogP contribution in [0.1, 0.15) is 40.2 Å². The first kappa shape index (κ1) is 29.3. The average molecular weight is 527 g/mol. The van der Waals surface area contributed by atoms with E-state index in [4.69, 9.17) is 16.3 Å². The van der Waals surface area contributed by atoms with Crippen LogP contribution in [0.2, 0.25) is 5.02 Å². The lowest BCUT2D eigenvalue weighted by atomic mass is 9.97. The first-order chi connectivity index (χ1) is 17.3. The van der Waals surface area contributed by atoms with E-state index in [1.54, 1.807) is 18.2 Å². The number of phenolic OH excluding ortho intramolecular Hbond substituents is 1. The summed E-state index contributed by atoms with van der Waals surface area (Å²) in [6, 6.07) is 15.6.